The van der Waals surface area contributed by atoms with Gasteiger partial charge < -0.3 is 59.5 Å². The molecule has 1 aliphatic heterocycles. The van der Waals surface area contributed by atoms with Crippen molar-refractivity contribution in [3.63, 3.8) is 0 Å². The van der Waals surface area contributed by atoms with E-state index in [9.17, 15) is 45.6 Å². The maximum atomic E-state index is 12.9. The lowest BCUT2D eigenvalue weighted by atomic mass is 9.99. The Morgan fingerprint density at radius 3 is 2.31 bits per heavy atom. The van der Waals surface area contributed by atoms with Crippen molar-refractivity contribution in [2.24, 2.45) is 0 Å². The van der Waals surface area contributed by atoms with E-state index in [1.165, 1.54) is 0 Å². The molecule has 1 aromatic heterocycles. The topological polar surface area (TPSA) is 220 Å². The Labute approximate surface area is 195 Å². The van der Waals surface area contributed by atoms with Crippen LogP contribution in [0.15, 0.2) is 33.5 Å². The number of phenols is 4. The van der Waals surface area contributed by atoms with Gasteiger partial charge in [0, 0.05) is 17.7 Å². The summed E-state index contributed by atoms with van der Waals surface area (Å²) in [7, 11) is 1.16. The molecule has 0 bridgehead atoms. The normalized spacial score (nSPS) is 24.4. The molecule has 5 atom stereocenters. The van der Waals surface area contributed by atoms with E-state index in [1.54, 1.807) is 0 Å². The van der Waals surface area contributed by atoms with Crippen LogP contribution in [0, 0.1) is 0 Å². The summed E-state index contributed by atoms with van der Waals surface area (Å²) in [6.45, 7) is -0.721. The van der Waals surface area contributed by atoms with Crippen LogP contribution in [-0.4, -0.2) is 85.3 Å². The van der Waals surface area contributed by atoms with Crippen molar-refractivity contribution in [1.82, 2.24) is 0 Å². The van der Waals surface area contributed by atoms with Gasteiger partial charge in [-0.2, -0.15) is 0 Å². The molecule has 1 saturated heterocycles. The average Bonchev–Trinajstić information content (AvgIpc) is 2.81. The largest absolute Gasteiger partial charge is 0.508 e. The number of aliphatic hydroxyl groups excluding tert-OH is 4. The smallest absolute Gasteiger partial charge is 0.239 e. The van der Waals surface area contributed by atoms with E-state index in [2.05, 4.69) is 0 Å². The highest BCUT2D eigenvalue weighted by molar-refractivity contribution is 5.88. The Bertz CT molecular complexity index is 1320. The molecule has 0 spiro atoms. The molecule has 1 fully saturated rings. The van der Waals surface area contributed by atoms with Crippen molar-refractivity contribution in [2.75, 3.05) is 13.7 Å². The summed E-state index contributed by atoms with van der Waals surface area (Å²) in [5.74, 6) is -3.65. The summed E-state index contributed by atoms with van der Waals surface area (Å²) in [6, 6.07) is 4.11. The third-order valence-corrected chi connectivity index (χ3v) is 5.53. The lowest BCUT2D eigenvalue weighted by molar-refractivity contribution is -0.277. The zero-order valence-corrected chi connectivity index (χ0v) is 18.0. The van der Waals surface area contributed by atoms with Gasteiger partial charge in [-0.3, -0.25) is 4.79 Å². The molecule has 1 aliphatic rings. The number of hydrogen-bond acceptors (Lipinski definition) is 13. The minimum atomic E-state index is -1.81. The summed E-state index contributed by atoms with van der Waals surface area (Å²) in [4.78, 5) is 12.9. The van der Waals surface area contributed by atoms with Crippen molar-refractivity contribution in [2.45, 2.75) is 30.7 Å². The molecular formula is C22H22O13. The van der Waals surface area contributed by atoms with E-state index in [4.69, 9.17) is 18.6 Å². The summed E-state index contributed by atoms with van der Waals surface area (Å²) in [6.07, 6.45) is -8.20. The molecule has 2 heterocycles. The van der Waals surface area contributed by atoms with Gasteiger partial charge in [-0.1, -0.05) is 0 Å². The quantitative estimate of drug-likeness (QED) is 0.209. The second-order valence-electron chi connectivity index (χ2n) is 7.79. The summed E-state index contributed by atoms with van der Waals surface area (Å²) >= 11 is 0. The zero-order valence-electron chi connectivity index (χ0n) is 18.0. The maximum Gasteiger partial charge on any atom is 0.239 e. The molecular weight excluding hydrogens is 472 g/mol. The lowest BCUT2D eigenvalue weighted by Gasteiger charge is -2.39. The van der Waals surface area contributed by atoms with E-state index in [-0.39, 0.29) is 28.0 Å². The minimum absolute atomic E-state index is 0.0708. The monoisotopic (exact) mass is 494 g/mol. The van der Waals surface area contributed by atoms with Gasteiger partial charge >= 0.3 is 0 Å². The van der Waals surface area contributed by atoms with Gasteiger partial charge in [0.25, 0.3) is 0 Å². The van der Waals surface area contributed by atoms with Gasteiger partial charge in [0.2, 0.25) is 23.2 Å². The molecule has 0 amide bonds. The first-order valence-corrected chi connectivity index (χ1v) is 10.2. The summed E-state index contributed by atoms with van der Waals surface area (Å²) in [5, 5.41) is 79.5. The highest BCUT2D eigenvalue weighted by Crippen LogP contribution is 2.44. The number of aromatic hydroxyl groups is 4. The van der Waals surface area contributed by atoms with Crippen molar-refractivity contribution in [3.8, 4) is 45.8 Å². The first-order chi connectivity index (χ1) is 16.6. The van der Waals surface area contributed by atoms with Crippen LogP contribution in [0.1, 0.15) is 0 Å². The van der Waals surface area contributed by atoms with Gasteiger partial charge in [0.1, 0.15) is 46.9 Å². The molecule has 0 aliphatic carbocycles. The zero-order chi connectivity index (χ0) is 25.6. The van der Waals surface area contributed by atoms with Crippen LogP contribution >= 0.6 is 0 Å². The minimum Gasteiger partial charge on any atom is -0.508 e. The van der Waals surface area contributed by atoms with Crippen molar-refractivity contribution in [3.05, 3.63) is 34.5 Å². The number of methoxy groups -OCH3 is 1. The lowest BCUT2D eigenvalue weighted by Crippen LogP contribution is -2.60. The van der Waals surface area contributed by atoms with E-state index in [0.29, 0.717) is 0 Å². The fourth-order valence-electron chi connectivity index (χ4n) is 3.75. The molecule has 188 valence electrons. The Hall–Kier alpha value is -3.75. The average molecular weight is 494 g/mol. The summed E-state index contributed by atoms with van der Waals surface area (Å²) < 4.78 is 21.5. The highest BCUT2D eigenvalue weighted by Gasteiger charge is 2.45. The number of hydrogen-bond donors (Lipinski definition) is 8. The van der Waals surface area contributed by atoms with Gasteiger partial charge in [0.15, 0.2) is 17.3 Å². The van der Waals surface area contributed by atoms with Gasteiger partial charge in [0.05, 0.1) is 13.7 Å². The molecule has 8 N–H and O–H groups in total. The van der Waals surface area contributed by atoms with Crippen LogP contribution in [-0.2, 0) is 4.74 Å². The van der Waals surface area contributed by atoms with E-state index in [0.717, 1.165) is 31.4 Å². The van der Waals surface area contributed by atoms with E-state index >= 15 is 0 Å². The van der Waals surface area contributed by atoms with Crippen LogP contribution in [0.4, 0.5) is 0 Å². The number of fused-ring (bicyclic) bond motifs is 1. The summed E-state index contributed by atoms with van der Waals surface area (Å²) in [5.41, 5.74) is -1.09. The van der Waals surface area contributed by atoms with Crippen molar-refractivity contribution < 1.29 is 59.5 Å². The first kappa shape index (κ1) is 24.4. The molecule has 2 aromatic carbocycles. The van der Waals surface area contributed by atoms with Crippen LogP contribution < -0.4 is 14.9 Å². The molecule has 35 heavy (non-hydrogen) atoms. The maximum absolute atomic E-state index is 12.9. The number of rotatable bonds is 5. The number of aliphatic hydroxyl groups is 4. The second kappa shape index (κ2) is 9.13. The van der Waals surface area contributed by atoms with Crippen LogP contribution in [0.5, 0.6) is 34.5 Å². The third-order valence-electron chi connectivity index (χ3n) is 5.53. The fraction of sp³-hybridized carbons (Fsp3) is 0.318. The van der Waals surface area contributed by atoms with Crippen LogP contribution in [0.25, 0.3) is 22.3 Å². The predicted molar refractivity (Wildman–Crippen MR) is 116 cm³/mol. The molecule has 3 aromatic rings. The SMILES string of the molecule is COc1c(-c2cc(O)c(O)c(O[C@@H]3O[C@H](CO)[C@@H](O)[C@@H](O)[C@H]3O)c2)oc2cc(O)cc(O)c2c1=O. The van der Waals surface area contributed by atoms with E-state index in [1.807, 2.05) is 0 Å². The van der Waals surface area contributed by atoms with Crippen molar-refractivity contribution in [1.29, 1.82) is 0 Å². The fourth-order valence-corrected chi connectivity index (χ4v) is 3.75. The Morgan fingerprint density at radius 1 is 0.943 bits per heavy atom. The highest BCUT2D eigenvalue weighted by atomic mass is 16.7. The Kier molecular flexibility index (Phi) is 6.36. The van der Waals surface area contributed by atoms with Gasteiger partial charge in [-0.05, 0) is 12.1 Å². The van der Waals surface area contributed by atoms with Crippen LogP contribution in [0.3, 0.4) is 0 Å². The number of ether oxygens (including phenoxy) is 3. The Morgan fingerprint density at radius 2 is 1.66 bits per heavy atom. The third kappa shape index (κ3) is 4.15. The second-order valence-corrected chi connectivity index (χ2v) is 7.79. The standard InChI is InChI=1S/C22H22O13/c1-32-21-17(29)14-9(25)4-8(24)5-11(14)33-20(21)7-2-10(26)15(27)12(3-7)34-22-19(31)18(30)16(28)13(6-23)35-22/h2-5,13,16,18-19,22-28,30-31H,6H2,1H3/t13-,16-,18-,19-,22-/m1/s1. The molecule has 0 radical (unpaired) electrons. The van der Waals surface area contributed by atoms with Crippen LogP contribution in [0.2, 0.25) is 0 Å². The molecule has 4 rings (SSSR count). The van der Waals surface area contributed by atoms with Gasteiger partial charge in [-0.15, -0.1) is 0 Å². The Balaban J connectivity index is 1.82. The predicted octanol–water partition coefficient (Wildman–Crippen LogP) is -0.530. The molecule has 0 unspecified atom stereocenters. The molecule has 0 saturated carbocycles. The van der Waals surface area contributed by atoms with Gasteiger partial charge in [-0.25, -0.2) is 0 Å². The first-order valence-electron chi connectivity index (χ1n) is 10.2. The number of phenolic OH excluding ortho intramolecular Hbond substituents is 4. The van der Waals surface area contributed by atoms with E-state index < -0.39 is 71.5 Å². The molecule has 13 heteroatoms. The van der Waals surface area contributed by atoms with Crippen molar-refractivity contribution >= 4 is 11.0 Å². The number of benzene rings is 2. The molecule has 13 nitrogen and oxygen atoms in total.